The van der Waals surface area contributed by atoms with Gasteiger partial charge < -0.3 is 14.6 Å². The minimum Gasteiger partial charge on any atom is -0.511 e. The summed E-state index contributed by atoms with van der Waals surface area (Å²) < 4.78 is 2.18. The summed E-state index contributed by atoms with van der Waals surface area (Å²) in [6.45, 7) is 19.6. The second kappa shape index (κ2) is 16.6. The maximum atomic E-state index is 9.73. The van der Waals surface area contributed by atoms with Gasteiger partial charge in [-0.05, 0) is 80.1 Å². The lowest BCUT2D eigenvalue weighted by molar-refractivity contribution is 0.383. The number of fused-ring (bicyclic) bond motifs is 3. The molecule has 1 heterocycles. The molecule has 1 N–H and O–H groups in total. The van der Waals surface area contributed by atoms with Crippen LogP contribution in [-0.4, -0.2) is 35.6 Å². The van der Waals surface area contributed by atoms with Gasteiger partial charge in [-0.1, -0.05) is 104 Å². The predicted molar refractivity (Wildman–Crippen MR) is 186 cm³/mol. The van der Waals surface area contributed by atoms with E-state index in [9.17, 15) is 5.11 Å². The van der Waals surface area contributed by atoms with Crippen molar-refractivity contribution in [3.8, 4) is 0 Å². The predicted octanol–water partition coefficient (Wildman–Crippen LogP) is 10.4. The Hall–Kier alpha value is -2.77. The van der Waals surface area contributed by atoms with Crippen LogP contribution in [0.25, 0.3) is 21.8 Å². The first-order chi connectivity index (χ1) is 19.9. The Morgan fingerprint density at radius 3 is 2.32 bits per heavy atom. The number of aromatic nitrogens is 1. The maximum absolute atomic E-state index is 9.73. The molecule has 0 saturated heterocycles. The van der Waals surface area contributed by atoms with Gasteiger partial charge in [0, 0.05) is 35.1 Å². The van der Waals surface area contributed by atoms with Crippen LogP contribution in [0.4, 0.5) is 5.69 Å². The van der Waals surface area contributed by atoms with Gasteiger partial charge in [-0.3, -0.25) is 0 Å². The number of para-hydroxylation sites is 1. The monoisotopic (exact) mass is 572 g/mol. The fraction of sp³-hybridized carbons (Fsp3) is 0.459. The van der Waals surface area contributed by atoms with Gasteiger partial charge in [0.25, 0.3) is 0 Å². The number of aliphatic hydroxyl groups is 1. The van der Waals surface area contributed by atoms with Crippen molar-refractivity contribution < 1.29 is 5.11 Å². The minimum atomic E-state index is -0.115. The standard InChI is InChI=1S/C20H24NOP.C15H23N.C2H6/c1-4-5-12-23(3)16-10-11-18-17-8-6-7-9-19(17)21(14-15(2)22)20(18)13-16;1-3-10-16(11-9-14-7-8-14)15-6-4-5-13(2)12-15;1-2/h6-11,13,22H,2,4-5,12,14H2,1,3H3;4-6,12,14H,3,7-11H2,1-2H3;1-2H3. The highest BCUT2D eigenvalue weighted by atomic mass is 31.1. The number of unbranched alkanes of at least 4 members (excludes halogenated alkanes) is 1. The van der Waals surface area contributed by atoms with Crippen LogP contribution in [0.5, 0.6) is 0 Å². The lowest BCUT2D eigenvalue weighted by atomic mass is 10.2. The number of nitrogens with zero attached hydrogens (tertiary/aromatic N) is 2. The largest absolute Gasteiger partial charge is 0.511 e. The summed E-state index contributed by atoms with van der Waals surface area (Å²) in [5, 5.41) is 13.7. The second-order valence-corrected chi connectivity index (χ2v) is 13.6. The highest BCUT2D eigenvalue weighted by Gasteiger charge is 2.21. The lowest BCUT2D eigenvalue weighted by Gasteiger charge is -2.24. The maximum Gasteiger partial charge on any atom is 0.105 e. The molecule has 1 aliphatic carbocycles. The van der Waals surface area contributed by atoms with Gasteiger partial charge >= 0.3 is 0 Å². The fourth-order valence-electron chi connectivity index (χ4n) is 5.36. The van der Waals surface area contributed by atoms with E-state index < -0.39 is 0 Å². The summed E-state index contributed by atoms with van der Waals surface area (Å²) in [6.07, 6.45) is 9.37. The van der Waals surface area contributed by atoms with E-state index in [4.69, 9.17) is 0 Å². The van der Waals surface area contributed by atoms with Crippen molar-refractivity contribution in [3.63, 3.8) is 0 Å². The molecule has 1 saturated carbocycles. The molecule has 1 unspecified atom stereocenters. The molecule has 0 spiro atoms. The molecule has 1 fully saturated rings. The Morgan fingerprint density at radius 1 is 0.927 bits per heavy atom. The molecule has 1 aromatic heterocycles. The third-order valence-corrected chi connectivity index (χ3v) is 9.90. The highest BCUT2D eigenvalue weighted by Crippen LogP contribution is 2.35. The molecular weight excluding hydrogens is 519 g/mol. The van der Waals surface area contributed by atoms with Crippen LogP contribution in [-0.2, 0) is 6.54 Å². The van der Waals surface area contributed by atoms with Gasteiger partial charge in [0.2, 0.25) is 0 Å². The van der Waals surface area contributed by atoms with Crippen molar-refractivity contribution in [3.05, 3.63) is 84.6 Å². The minimum absolute atomic E-state index is 0.115. The summed E-state index contributed by atoms with van der Waals surface area (Å²) in [5.41, 5.74) is 5.13. The van der Waals surface area contributed by atoms with Crippen molar-refractivity contribution in [2.75, 3.05) is 30.8 Å². The summed E-state index contributed by atoms with van der Waals surface area (Å²) in [7, 11) is -0.115. The molecule has 1 atom stereocenters. The highest BCUT2D eigenvalue weighted by molar-refractivity contribution is 7.64. The molecule has 0 aliphatic heterocycles. The van der Waals surface area contributed by atoms with Crippen LogP contribution >= 0.6 is 7.92 Å². The Balaban J connectivity index is 0.000000225. The molecular formula is C37H53N2OP. The average molecular weight is 573 g/mol. The van der Waals surface area contributed by atoms with Gasteiger partial charge in [-0.25, -0.2) is 0 Å². The van der Waals surface area contributed by atoms with Crippen LogP contribution < -0.4 is 10.2 Å². The van der Waals surface area contributed by atoms with Gasteiger partial charge in [0.1, 0.15) is 5.76 Å². The molecule has 0 amide bonds. The topological polar surface area (TPSA) is 28.4 Å². The van der Waals surface area contributed by atoms with E-state index in [-0.39, 0.29) is 13.7 Å². The first-order valence-electron chi connectivity index (χ1n) is 15.8. The number of hydrogen-bond acceptors (Lipinski definition) is 2. The van der Waals surface area contributed by atoms with Gasteiger partial charge in [0.15, 0.2) is 0 Å². The van der Waals surface area contributed by atoms with Crippen LogP contribution in [0.15, 0.2) is 79.1 Å². The third-order valence-electron chi connectivity index (χ3n) is 7.75. The molecule has 3 aromatic carbocycles. The summed E-state index contributed by atoms with van der Waals surface area (Å²) in [6, 6.07) is 24.1. The van der Waals surface area contributed by atoms with Crippen LogP contribution in [0, 0.1) is 12.8 Å². The fourth-order valence-corrected chi connectivity index (χ4v) is 7.08. The first kappa shape index (κ1) is 32.7. The Kier molecular flexibility index (Phi) is 13.3. The van der Waals surface area contributed by atoms with Crippen molar-refractivity contribution in [1.29, 1.82) is 0 Å². The van der Waals surface area contributed by atoms with Gasteiger partial charge in [0.05, 0.1) is 12.1 Å². The van der Waals surface area contributed by atoms with E-state index in [0.717, 1.165) is 11.4 Å². The first-order valence-corrected chi connectivity index (χ1v) is 17.8. The number of aryl methyl sites for hydroxylation is 1. The number of aliphatic hydroxyl groups excluding tert-OH is 1. The summed E-state index contributed by atoms with van der Waals surface area (Å²) >= 11 is 0. The number of allylic oxidation sites excluding steroid dienone is 1. The van der Waals surface area contributed by atoms with E-state index in [0.29, 0.717) is 6.54 Å². The zero-order valence-electron chi connectivity index (χ0n) is 26.5. The molecule has 3 nitrogen and oxygen atoms in total. The lowest BCUT2D eigenvalue weighted by Crippen LogP contribution is -2.25. The van der Waals surface area contributed by atoms with E-state index in [1.807, 2.05) is 19.9 Å². The molecule has 1 aliphatic rings. The molecule has 4 aromatic rings. The average Bonchev–Trinajstić information content (AvgIpc) is 3.77. The Labute approximate surface area is 251 Å². The van der Waals surface area contributed by atoms with Crippen molar-refractivity contribution >= 4 is 40.7 Å². The Morgan fingerprint density at radius 2 is 1.66 bits per heavy atom. The molecule has 0 bridgehead atoms. The molecule has 0 radical (unpaired) electrons. The van der Waals surface area contributed by atoms with Crippen LogP contribution in [0.2, 0.25) is 0 Å². The molecule has 222 valence electrons. The molecule has 41 heavy (non-hydrogen) atoms. The second-order valence-electron chi connectivity index (χ2n) is 11.2. The van der Waals surface area contributed by atoms with Crippen LogP contribution in [0.3, 0.4) is 0 Å². The van der Waals surface area contributed by atoms with Gasteiger partial charge in [-0.2, -0.15) is 0 Å². The van der Waals surface area contributed by atoms with E-state index >= 15 is 0 Å². The zero-order valence-corrected chi connectivity index (χ0v) is 27.4. The number of rotatable bonds is 12. The normalized spacial score (nSPS) is 13.2. The van der Waals surface area contributed by atoms with E-state index in [2.05, 4.69) is 104 Å². The molecule has 4 heteroatoms. The summed E-state index contributed by atoms with van der Waals surface area (Å²) in [5.74, 6) is 1.23. The van der Waals surface area contributed by atoms with Crippen molar-refractivity contribution in [2.45, 2.75) is 79.7 Å². The van der Waals surface area contributed by atoms with E-state index in [1.165, 1.54) is 90.6 Å². The Bertz CT molecular complexity index is 1370. The number of hydrogen-bond donors (Lipinski definition) is 1. The quantitative estimate of drug-likeness (QED) is 0.135. The zero-order chi connectivity index (χ0) is 29.8. The SMILES string of the molecule is C=C(O)Cn1c2ccccc2c2ccc(P(C)CCCC)cc21.CC.CCCN(CCC1CC1)c1cccc(C)c1. The van der Waals surface area contributed by atoms with Gasteiger partial charge in [-0.15, -0.1) is 0 Å². The van der Waals surface area contributed by atoms with Crippen molar-refractivity contribution in [1.82, 2.24) is 4.57 Å². The summed E-state index contributed by atoms with van der Waals surface area (Å²) in [4.78, 5) is 2.55. The van der Waals surface area contributed by atoms with Crippen LogP contribution in [0.1, 0.15) is 71.8 Å². The third kappa shape index (κ3) is 9.37. The smallest absolute Gasteiger partial charge is 0.105 e. The van der Waals surface area contributed by atoms with Crippen molar-refractivity contribution in [2.24, 2.45) is 5.92 Å². The van der Waals surface area contributed by atoms with E-state index in [1.54, 1.807) is 0 Å². The molecule has 5 rings (SSSR count). The number of benzene rings is 3. The number of anilines is 1.